The van der Waals surface area contributed by atoms with E-state index in [9.17, 15) is 4.79 Å². The first-order valence-corrected chi connectivity index (χ1v) is 8.01. The summed E-state index contributed by atoms with van der Waals surface area (Å²) in [6.07, 6.45) is 5.78. The van der Waals surface area contributed by atoms with E-state index < -0.39 is 0 Å². The van der Waals surface area contributed by atoms with E-state index in [4.69, 9.17) is 10.5 Å². The molecule has 1 aromatic carbocycles. The third-order valence-corrected chi connectivity index (χ3v) is 4.59. The number of carbonyl (C=O) groups is 1. The molecule has 4 heteroatoms. The molecule has 1 amide bonds. The summed E-state index contributed by atoms with van der Waals surface area (Å²) in [7, 11) is 0. The zero-order valence-electron chi connectivity index (χ0n) is 12.4. The van der Waals surface area contributed by atoms with Crippen LogP contribution in [0.15, 0.2) is 24.3 Å². The summed E-state index contributed by atoms with van der Waals surface area (Å²) < 4.78 is 5.75. The molecule has 3 atom stereocenters. The second kappa shape index (κ2) is 6.48. The van der Waals surface area contributed by atoms with E-state index in [1.54, 1.807) is 0 Å². The Morgan fingerprint density at radius 3 is 2.90 bits per heavy atom. The van der Waals surface area contributed by atoms with Gasteiger partial charge in [-0.25, -0.2) is 0 Å². The van der Waals surface area contributed by atoms with Gasteiger partial charge in [-0.1, -0.05) is 24.6 Å². The minimum absolute atomic E-state index is 0.0642. The molecule has 1 heterocycles. The molecule has 3 unspecified atom stereocenters. The number of nitrogens with one attached hydrogen (secondary N) is 1. The zero-order chi connectivity index (χ0) is 14.7. The predicted octanol–water partition coefficient (Wildman–Crippen LogP) is 2.53. The van der Waals surface area contributed by atoms with Gasteiger partial charge in [0.05, 0.1) is 12.6 Å². The van der Waals surface area contributed by atoms with Crippen molar-refractivity contribution >= 4 is 5.91 Å². The number of rotatable bonds is 2. The Morgan fingerprint density at radius 1 is 1.19 bits per heavy atom. The fraction of sp³-hybridized carbons (Fsp3) is 0.588. The van der Waals surface area contributed by atoms with Gasteiger partial charge < -0.3 is 15.8 Å². The van der Waals surface area contributed by atoms with Gasteiger partial charge >= 0.3 is 0 Å². The van der Waals surface area contributed by atoms with Crippen molar-refractivity contribution in [1.82, 2.24) is 5.32 Å². The molecule has 0 bridgehead atoms. The maximum absolute atomic E-state index is 12.5. The SMILES string of the molecule is NC1CCCC(C(=O)NC2CCCOc3ccccc32)C1. The number of benzene rings is 1. The van der Waals surface area contributed by atoms with Crippen LogP contribution in [0.25, 0.3) is 0 Å². The molecule has 1 aromatic rings. The smallest absolute Gasteiger partial charge is 0.223 e. The van der Waals surface area contributed by atoms with Crippen LogP contribution >= 0.6 is 0 Å². The van der Waals surface area contributed by atoms with Crippen LogP contribution in [0.2, 0.25) is 0 Å². The number of hydrogen-bond acceptors (Lipinski definition) is 3. The van der Waals surface area contributed by atoms with E-state index in [1.807, 2.05) is 18.2 Å². The summed E-state index contributed by atoms with van der Waals surface area (Å²) >= 11 is 0. The van der Waals surface area contributed by atoms with Gasteiger partial charge in [0.15, 0.2) is 0 Å². The summed E-state index contributed by atoms with van der Waals surface area (Å²) in [6.45, 7) is 0.720. The maximum atomic E-state index is 12.5. The van der Waals surface area contributed by atoms with Crippen LogP contribution in [0.1, 0.15) is 50.1 Å². The first kappa shape index (κ1) is 14.4. The van der Waals surface area contributed by atoms with Gasteiger partial charge in [0.1, 0.15) is 5.75 Å². The number of hydrogen-bond donors (Lipinski definition) is 2. The molecule has 1 saturated carbocycles. The fourth-order valence-electron chi connectivity index (χ4n) is 3.43. The molecule has 4 nitrogen and oxygen atoms in total. The van der Waals surface area contributed by atoms with Crippen LogP contribution in [0, 0.1) is 5.92 Å². The van der Waals surface area contributed by atoms with Gasteiger partial charge in [-0.3, -0.25) is 4.79 Å². The lowest BCUT2D eigenvalue weighted by Crippen LogP contribution is -2.39. The van der Waals surface area contributed by atoms with Gasteiger partial charge in [0.25, 0.3) is 0 Å². The zero-order valence-corrected chi connectivity index (χ0v) is 12.4. The highest BCUT2D eigenvalue weighted by Crippen LogP contribution is 2.32. The molecule has 0 aromatic heterocycles. The standard InChI is InChI=1S/C17H24N2O2/c18-13-6-3-5-12(11-13)17(20)19-15-8-4-10-21-16-9-2-1-7-14(15)16/h1-2,7,9,12-13,15H,3-6,8,10-11,18H2,(H,19,20). The van der Waals surface area contributed by atoms with E-state index in [0.717, 1.165) is 56.4 Å². The number of nitrogens with two attached hydrogens (primary N) is 1. The molecule has 3 N–H and O–H groups in total. The lowest BCUT2D eigenvalue weighted by Gasteiger charge is -2.28. The quantitative estimate of drug-likeness (QED) is 0.879. The first-order valence-electron chi connectivity index (χ1n) is 8.01. The summed E-state index contributed by atoms with van der Waals surface area (Å²) in [5.41, 5.74) is 7.10. The van der Waals surface area contributed by atoms with Crippen LogP contribution < -0.4 is 15.8 Å². The second-order valence-electron chi connectivity index (χ2n) is 6.21. The lowest BCUT2D eigenvalue weighted by molar-refractivity contribution is -0.126. The molecule has 1 fully saturated rings. The van der Waals surface area contributed by atoms with E-state index in [1.165, 1.54) is 0 Å². The average Bonchev–Trinajstić information content (AvgIpc) is 2.70. The summed E-state index contributed by atoms with van der Waals surface area (Å²) in [4.78, 5) is 12.5. The van der Waals surface area contributed by atoms with Crippen LogP contribution in [-0.2, 0) is 4.79 Å². The number of para-hydroxylation sites is 1. The highest BCUT2D eigenvalue weighted by molar-refractivity contribution is 5.79. The molecule has 0 saturated heterocycles. The summed E-state index contributed by atoms with van der Waals surface area (Å²) in [6, 6.07) is 8.26. The molecule has 0 radical (unpaired) electrons. The van der Waals surface area contributed by atoms with Crippen molar-refractivity contribution in [3.8, 4) is 5.75 Å². The molecular weight excluding hydrogens is 264 g/mol. The predicted molar refractivity (Wildman–Crippen MR) is 82.0 cm³/mol. The lowest BCUT2D eigenvalue weighted by atomic mass is 9.85. The molecular formula is C17H24N2O2. The highest BCUT2D eigenvalue weighted by atomic mass is 16.5. The van der Waals surface area contributed by atoms with Crippen LogP contribution in [-0.4, -0.2) is 18.6 Å². The molecule has 114 valence electrons. The Balaban J connectivity index is 1.70. The summed E-state index contributed by atoms with van der Waals surface area (Å²) in [5.74, 6) is 1.14. The second-order valence-corrected chi connectivity index (χ2v) is 6.21. The molecule has 1 aliphatic heterocycles. The van der Waals surface area contributed by atoms with Crippen molar-refractivity contribution in [2.45, 2.75) is 50.6 Å². The van der Waals surface area contributed by atoms with Crippen molar-refractivity contribution in [2.24, 2.45) is 11.7 Å². The largest absolute Gasteiger partial charge is 0.493 e. The highest BCUT2D eigenvalue weighted by Gasteiger charge is 2.28. The van der Waals surface area contributed by atoms with Crippen molar-refractivity contribution < 1.29 is 9.53 Å². The van der Waals surface area contributed by atoms with Crippen molar-refractivity contribution in [3.63, 3.8) is 0 Å². The van der Waals surface area contributed by atoms with Gasteiger partial charge in [-0.05, 0) is 38.2 Å². The maximum Gasteiger partial charge on any atom is 0.223 e. The Bertz CT molecular complexity index is 503. The molecule has 0 spiro atoms. The monoisotopic (exact) mass is 288 g/mol. The minimum Gasteiger partial charge on any atom is -0.493 e. The van der Waals surface area contributed by atoms with E-state index in [0.29, 0.717) is 0 Å². The van der Waals surface area contributed by atoms with Crippen molar-refractivity contribution in [2.75, 3.05) is 6.61 Å². The normalized spacial score (nSPS) is 28.9. The Kier molecular flexibility index (Phi) is 4.44. The number of amides is 1. The topological polar surface area (TPSA) is 64.4 Å². The van der Waals surface area contributed by atoms with E-state index in [-0.39, 0.29) is 23.9 Å². The average molecular weight is 288 g/mol. The van der Waals surface area contributed by atoms with Gasteiger partial charge in [-0.15, -0.1) is 0 Å². The summed E-state index contributed by atoms with van der Waals surface area (Å²) in [5, 5.41) is 3.23. The number of ether oxygens (including phenoxy) is 1. The van der Waals surface area contributed by atoms with Gasteiger partial charge in [0.2, 0.25) is 5.91 Å². The molecule has 3 rings (SSSR count). The molecule has 1 aliphatic carbocycles. The number of fused-ring (bicyclic) bond motifs is 1. The minimum atomic E-state index is 0.0642. The fourth-order valence-corrected chi connectivity index (χ4v) is 3.43. The Hall–Kier alpha value is -1.55. The van der Waals surface area contributed by atoms with Gasteiger partial charge in [-0.2, -0.15) is 0 Å². The van der Waals surface area contributed by atoms with Crippen molar-refractivity contribution in [3.05, 3.63) is 29.8 Å². The molecule has 21 heavy (non-hydrogen) atoms. The molecule has 2 aliphatic rings. The van der Waals surface area contributed by atoms with Crippen LogP contribution in [0.5, 0.6) is 5.75 Å². The third-order valence-electron chi connectivity index (χ3n) is 4.59. The Morgan fingerprint density at radius 2 is 2.05 bits per heavy atom. The number of carbonyl (C=O) groups excluding carboxylic acids is 1. The van der Waals surface area contributed by atoms with Crippen LogP contribution in [0.3, 0.4) is 0 Å². The van der Waals surface area contributed by atoms with Gasteiger partial charge in [0, 0.05) is 17.5 Å². The first-order chi connectivity index (χ1) is 10.2. The van der Waals surface area contributed by atoms with Crippen molar-refractivity contribution in [1.29, 1.82) is 0 Å². The Labute approximate surface area is 126 Å². The van der Waals surface area contributed by atoms with E-state index >= 15 is 0 Å². The van der Waals surface area contributed by atoms with Crippen LogP contribution in [0.4, 0.5) is 0 Å². The van der Waals surface area contributed by atoms with E-state index in [2.05, 4.69) is 11.4 Å². The third kappa shape index (κ3) is 3.38.